The Bertz CT molecular complexity index is 1220. The zero-order valence-corrected chi connectivity index (χ0v) is 16.1. The van der Waals surface area contributed by atoms with Crippen LogP contribution in [-0.2, 0) is 14.8 Å². The number of sulfonamides is 1. The first-order valence-electron chi connectivity index (χ1n) is 8.94. The number of pyridine rings is 1. The first-order chi connectivity index (χ1) is 13.8. The molecule has 9 heteroatoms. The van der Waals surface area contributed by atoms with Crippen LogP contribution in [0.1, 0.15) is 17.9 Å². The number of carbonyl (C=O) groups is 1. The third-order valence-corrected chi connectivity index (χ3v) is 6.19. The molecule has 1 heterocycles. The number of nitrogens with two attached hydrogens (primary N) is 2. The molecule has 0 spiro atoms. The van der Waals surface area contributed by atoms with Gasteiger partial charge in [-0.2, -0.15) is 8.42 Å². The van der Waals surface area contributed by atoms with Crippen LogP contribution in [0.3, 0.4) is 0 Å². The lowest BCUT2D eigenvalue weighted by molar-refractivity contribution is -0.117. The number of anilines is 1. The molecule has 0 saturated heterocycles. The number of carbonyl (C=O) groups excluding carboxylic acids is 1. The van der Waals surface area contributed by atoms with Crippen molar-refractivity contribution in [1.29, 1.82) is 0 Å². The average Bonchev–Trinajstić information content (AvgIpc) is 3.48. The summed E-state index contributed by atoms with van der Waals surface area (Å²) < 4.78 is 27.2. The van der Waals surface area contributed by atoms with Gasteiger partial charge in [0.2, 0.25) is 11.9 Å². The van der Waals surface area contributed by atoms with Gasteiger partial charge in [-0.1, -0.05) is 18.2 Å². The maximum absolute atomic E-state index is 12.6. The fourth-order valence-corrected chi connectivity index (χ4v) is 4.19. The molecular weight excluding hydrogens is 390 g/mol. The minimum Gasteiger partial charge on any atom is -0.369 e. The molecule has 4 rings (SSSR count). The van der Waals surface area contributed by atoms with Gasteiger partial charge in [0.25, 0.3) is 10.0 Å². The molecule has 1 unspecified atom stereocenters. The van der Waals surface area contributed by atoms with Gasteiger partial charge >= 0.3 is 0 Å². The molecule has 1 aromatic heterocycles. The summed E-state index contributed by atoms with van der Waals surface area (Å²) in [6.45, 7) is 0. The zero-order chi connectivity index (χ0) is 20.6. The molecule has 0 aliphatic heterocycles. The van der Waals surface area contributed by atoms with E-state index in [1.54, 1.807) is 24.5 Å². The summed E-state index contributed by atoms with van der Waals surface area (Å²) >= 11 is 0. The van der Waals surface area contributed by atoms with E-state index in [0.717, 1.165) is 22.0 Å². The fourth-order valence-electron chi connectivity index (χ4n) is 3.33. The van der Waals surface area contributed by atoms with Gasteiger partial charge in [0.15, 0.2) is 0 Å². The quantitative estimate of drug-likeness (QED) is 0.434. The van der Waals surface area contributed by atoms with Crippen molar-refractivity contribution in [3.8, 4) is 0 Å². The van der Waals surface area contributed by atoms with E-state index in [9.17, 15) is 13.2 Å². The number of guanidine groups is 1. The van der Waals surface area contributed by atoms with Gasteiger partial charge < -0.3 is 16.8 Å². The van der Waals surface area contributed by atoms with Crippen molar-refractivity contribution in [2.45, 2.75) is 17.2 Å². The van der Waals surface area contributed by atoms with Crippen molar-refractivity contribution >= 4 is 38.3 Å². The summed E-state index contributed by atoms with van der Waals surface area (Å²) in [6, 6.07) is 13.8. The van der Waals surface area contributed by atoms with E-state index in [1.807, 2.05) is 24.3 Å². The Kier molecular flexibility index (Phi) is 4.67. The normalized spacial score (nSPS) is 18.2. The number of hydrogen-bond acceptors (Lipinski definition) is 4. The zero-order valence-electron chi connectivity index (χ0n) is 15.3. The van der Waals surface area contributed by atoms with E-state index in [2.05, 4.69) is 14.7 Å². The second-order valence-corrected chi connectivity index (χ2v) is 8.54. The first kappa shape index (κ1) is 18.9. The van der Waals surface area contributed by atoms with Crippen LogP contribution in [0.25, 0.3) is 10.8 Å². The molecule has 1 saturated carbocycles. The van der Waals surface area contributed by atoms with Crippen molar-refractivity contribution in [2.75, 3.05) is 5.32 Å². The monoisotopic (exact) mass is 409 g/mol. The summed E-state index contributed by atoms with van der Waals surface area (Å²) in [5.41, 5.74) is 11.9. The number of hydrogen-bond donors (Lipinski definition) is 3. The molecule has 148 valence electrons. The number of amides is 1. The number of aromatic nitrogens is 1. The smallest absolute Gasteiger partial charge is 0.285 e. The van der Waals surface area contributed by atoms with Crippen LogP contribution >= 0.6 is 0 Å². The number of nitrogens with one attached hydrogen (secondary N) is 1. The summed E-state index contributed by atoms with van der Waals surface area (Å²) in [6.07, 6.45) is 4.19. The molecular formula is C20H19N5O3S. The Balaban J connectivity index is 1.43. The highest BCUT2D eigenvalue weighted by Crippen LogP contribution is 2.48. The third kappa shape index (κ3) is 4.04. The molecule has 1 amide bonds. The second-order valence-electron chi connectivity index (χ2n) is 6.94. The average molecular weight is 409 g/mol. The Labute approximate surface area is 167 Å². The summed E-state index contributed by atoms with van der Waals surface area (Å²) in [5.74, 6) is -0.665. The summed E-state index contributed by atoms with van der Waals surface area (Å²) in [5, 5.41) is 4.96. The van der Waals surface area contributed by atoms with Crippen LogP contribution in [-0.4, -0.2) is 25.3 Å². The van der Waals surface area contributed by atoms with Crippen LogP contribution < -0.4 is 16.8 Å². The van der Waals surface area contributed by atoms with E-state index in [1.165, 1.54) is 12.1 Å². The molecule has 1 fully saturated rings. The maximum atomic E-state index is 12.6. The molecule has 2 aromatic carbocycles. The molecule has 3 aromatic rings. The van der Waals surface area contributed by atoms with Crippen molar-refractivity contribution < 1.29 is 13.2 Å². The number of benzene rings is 2. The minimum absolute atomic E-state index is 0.00181. The predicted molar refractivity (Wildman–Crippen MR) is 111 cm³/mol. The summed E-state index contributed by atoms with van der Waals surface area (Å²) in [4.78, 5) is 16.7. The van der Waals surface area contributed by atoms with Crippen LogP contribution in [0.5, 0.6) is 0 Å². The van der Waals surface area contributed by atoms with Crippen molar-refractivity contribution in [3.05, 3.63) is 66.5 Å². The molecule has 5 N–H and O–H groups in total. The van der Waals surface area contributed by atoms with Crippen molar-refractivity contribution in [2.24, 2.45) is 21.8 Å². The Morgan fingerprint density at radius 2 is 1.83 bits per heavy atom. The van der Waals surface area contributed by atoms with E-state index >= 15 is 0 Å². The topological polar surface area (TPSA) is 141 Å². The van der Waals surface area contributed by atoms with Gasteiger partial charge in [-0.3, -0.25) is 9.78 Å². The van der Waals surface area contributed by atoms with E-state index in [-0.39, 0.29) is 22.6 Å². The highest BCUT2D eigenvalue weighted by Gasteiger charge is 2.44. The lowest BCUT2D eigenvalue weighted by atomic mass is 10.1. The molecule has 8 nitrogen and oxygen atoms in total. The Morgan fingerprint density at radius 3 is 2.55 bits per heavy atom. The lowest BCUT2D eigenvalue weighted by Gasteiger charge is -2.07. The van der Waals surface area contributed by atoms with Gasteiger partial charge in [0, 0.05) is 29.4 Å². The maximum Gasteiger partial charge on any atom is 0.285 e. The Morgan fingerprint density at radius 1 is 1.07 bits per heavy atom. The highest BCUT2D eigenvalue weighted by atomic mass is 32.2. The van der Waals surface area contributed by atoms with Gasteiger partial charge in [-0.05, 0) is 53.6 Å². The predicted octanol–water partition coefficient (Wildman–Crippen LogP) is 1.94. The second kappa shape index (κ2) is 7.17. The SMILES string of the molecule is NC(N)=NS(=O)(=O)c1ccc(C2C[C@H]2C(=O)Nc2ccc3cnccc3c2)cc1. The van der Waals surface area contributed by atoms with E-state index < -0.39 is 16.0 Å². The number of nitrogens with zero attached hydrogens (tertiary/aromatic N) is 2. The van der Waals surface area contributed by atoms with E-state index in [0.29, 0.717) is 6.42 Å². The van der Waals surface area contributed by atoms with Crippen molar-refractivity contribution in [1.82, 2.24) is 4.98 Å². The molecule has 1 aliphatic rings. The minimum atomic E-state index is -3.92. The molecule has 0 bridgehead atoms. The standard InChI is InChI=1S/C20H19N5O3S/c21-20(22)25-29(27,28)16-5-2-12(3-6-16)17-10-18(17)19(26)24-15-4-1-14-11-23-8-7-13(14)9-15/h1-9,11,17-18H,10H2,(H,24,26)(H4,21,22,25)/t17?,18-/m1/s1. The van der Waals surface area contributed by atoms with Gasteiger partial charge in [0.1, 0.15) is 0 Å². The fraction of sp³-hybridized carbons (Fsp3) is 0.150. The molecule has 0 radical (unpaired) electrons. The molecule has 1 aliphatic carbocycles. The van der Waals surface area contributed by atoms with E-state index in [4.69, 9.17) is 11.5 Å². The molecule has 2 atom stereocenters. The van der Waals surface area contributed by atoms with Gasteiger partial charge in [0.05, 0.1) is 4.90 Å². The van der Waals surface area contributed by atoms with Gasteiger partial charge in [-0.25, -0.2) is 0 Å². The van der Waals surface area contributed by atoms with Crippen LogP contribution in [0, 0.1) is 5.92 Å². The van der Waals surface area contributed by atoms with Crippen LogP contribution in [0.4, 0.5) is 5.69 Å². The van der Waals surface area contributed by atoms with Crippen molar-refractivity contribution in [3.63, 3.8) is 0 Å². The first-order valence-corrected chi connectivity index (χ1v) is 10.4. The highest BCUT2D eigenvalue weighted by molar-refractivity contribution is 7.90. The van der Waals surface area contributed by atoms with Gasteiger partial charge in [-0.15, -0.1) is 4.40 Å². The number of fused-ring (bicyclic) bond motifs is 1. The molecule has 29 heavy (non-hydrogen) atoms. The largest absolute Gasteiger partial charge is 0.369 e. The Hall–Kier alpha value is -3.46. The number of rotatable bonds is 5. The van der Waals surface area contributed by atoms with Crippen LogP contribution in [0.15, 0.2) is 70.2 Å². The lowest BCUT2D eigenvalue weighted by Crippen LogP contribution is -2.24. The third-order valence-electron chi connectivity index (χ3n) is 4.87. The summed E-state index contributed by atoms with van der Waals surface area (Å²) in [7, 11) is -3.92. The van der Waals surface area contributed by atoms with Crippen LogP contribution in [0.2, 0.25) is 0 Å².